The molecule has 0 radical (unpaired) electrons. The van der Waals surface area contributed by atoms with Crippen LogP contribution in [0.1, 0.15) is 17.3 Å². The van der Waals surface area contributed by atoms with E-state index in [2.05, 4.69) is 15.3 Å². The molecule has 0 spiro atoms. The van der Waals surface area contributed by atoms with Crippen molar-refractivity contribution in [2.45, 2.75) is 6.92 Å². The summed E-state index contributed by atoms with van der Waals surface area (Å²) in [5.74, 6) is 0.863. The molecule has 2 heterocycles. The molecule has 0 aliphatic rings. The van der Waals surface area contributed by atoms with Crippen LogP contribution < -0.4 is 14.8 Å². The molecule has 0 unspecified atom stereocenters. The van der Waals surface area contributed by atoms with E-state index >= 15 is 0 Å². The van der Waals surface area contributed by atoms with E-state index in [1.807, 2.05) is 30.5 Å². The Labute approximate surface area is 149 Å². The zero-order valence-corrected chi connectivity index (χ0v) is 14.7. The lowest BCUT2D eigenvalue weighted by Gasteiger charge is -2.10. The van der Waals surface area contributed by atoms with Crippen LogP contribution in [0.25, 0.3) is 11.4 Å². The summed E-state index contributed by atoms with van der Waals surface area (Å²) in [7, 11) is 1.56. The van der Waals surface area contributed by atoms with Crippen molar-refractivity contribution in [1.29, 1.82) is 0 Å². The van der Waals surface area contributed by atoms with Gasteiger partial charge in [0.15, 0.2) is 16.6 Å². The molecule has 3 aromatic rings. The third kappa shape index (κ3) is 3.95. The van der Waals surface area contributed by atoms with Gasteiger partial charge >= 0.3 is 0 Å². The van der Waals surface area contributed by atoms with Crippen molar-refractivity contribution in [2.24, 2.45) is 0 Å². The first-order valence-electron chi connectivity index (χ1n) is 7.70. The normalized spacial score (nSPS) is 10.3. The molecule has 0 bridgehead atoms. The van der Waals surface area contributed by atoms with Gasteiger partial charge in [0.25, 0.3) is 5.91 Å². The van der Waals surface area contributed by atoms with Gasteiger partial charge in [0.1, 0.15) is 5.69 Å². The topological polar surface area (TPSA) is 73.3 Å². The molecular weight excluding hydrogens is 338 g/mol. The fourth-order valence-electron chi connectivity index (χ4n) is 2.22. The number of hydrogen-bond acceptors (Lipinski definition) is 6. The van der Waals surface area contributed by atoms with Crippen LogP contribution in [0, 0.1) is 0 Å². The summed E-state index contributed by atoms with van der Waals surface area (Å²) in [4.78, 5) is 21.1. The highest BCUT2D eigenvalue weighted by Crippen LogP contribution is 2.29. The molecule has 6 nitrogen and oxygen atoms in total. The van der Waals surface area contributed by atoms with Gasteiger partial charge in [0.2, 0.25) is 0 Å². The molecule has 0 aliphatic carbocycles. The number of carbonyl (C=O) groups is 1. The average molecular weight is 355 g/mol. The maximum absolute atomic E-state index is 12.5. The first kappa shape index (κ1) is 16.9. The van der Waals surface area contributed by atoms with Crippen LogP contribution in [0.2, 0.25) is 0 Å². The number of thiazole rings is 1. The van der Waals surface area contributed by atoms with Crippen LogP contribution in [0.4, 0.5) is 5.13 Å². The van der Waals surface area contributed by atoms with E-state index < -0.39 is 0 Å². The van der Waals surface area contributed by atoms with E-state index in [4.69, 9.17) is 9.47 Å². The van der Waals surface area contributed by atoms with E-state index in [1.165, 1.54) is 11.3 Å². The molecule has 1 amide bonds. The number of anilines is 1. The molecule has 0 atom stereocenters. The first-order valence-corrected chi connectivity index (χ1v) is 8.58. The van der Waals surface area contributed by atoms with Gasteiger partial charge in [0, 0.05) is 17.1 Å². The number of aromatic nitrogens is 2. The predicted octanol–water partition coefficient (Wildman–Crippen LogP) is 3.86. The number of methoxy groups -OCH3 is 1. The molecule has 0 saturated carbocycles. The number of amides is 1. The lowest BCUT2D eigenvalue weighted by atomic mass is 10.2. The minimum atomic E-state index is -0.259. The third-order valence-corrected chi connectivity index (χ3v) is 4.14. The Bertz CT molecular complexity index is 865. The molecule has 3 rings (SSSR count). The Hall–Kier alpha value is -2.93. The largest absolute Gasteiger partial charge is 0.493 e. The third-order valence-electron chi connectivity index (χ3n) is 3.38. The van der Waals surface area contributed by atoms with Crippen LogP contribution in [0.5, 0.6) is 11.5 Å². The van der Waals surface area contributed by atoms with Crippen molar-refractivity contribution in [3.8, 4) is 22.9 Å². The van der Waals surface area contributed by atoms with E-state index in [9.17, 15) is 4.79 Å². The van der Waals surface area contributed by atoms with Gasteiger partial charge in [-0.25, -0.2) is 4.98 Å². The van der Waals surface area contributed by atoms with Crippen LogP contribution in [-0.2, 0) is 0 Å². The number of carbonyl (C=O) groups excluding carboxylic acids is 1. The number of benzene rings is 1. The molecule has 25 heavy (non-hydrogen) atoms. The zero-order valence-electron chi connectivity index (χ0n) is 13.9. The molecule has 0 fully saturated rings. The molecule has 0 saturated heterocycles. The van der Waals surface area contributed by atoms with Crippen molar-refractivity contribution in [3.05, 3.63) is 53.5 Å². The maximum Gasteiger partial charge on any atom is 0.257 e. The lowest BCUT2D eigenvalue weighted by molar-refractivity contribution is 0.102. The Morgan fingerprint density at radius 2 is 2.08 bits per heavy atom. The van der Waals surface area contributed by atoms with Gasteiger partial charge in [-0.2, -0.15) is 0 Å². The van der Waals surface area contributed by atoms with Crippen molar-refractivity contribution in [2.75, 3.05) is 19.0 Å². The van der Waals surface area contributed by atoms with Crippen molar-refractivity contribution < 1.29 is 14.3 Å². The van der Waals surface area contributed by atoms with Gasteiger partial charge in [0.05, 0.1) is 19.4 Å². The highest BCUT2D eigenvalue weighted by Gasteiger charge is 2.13. The minimum absolute atomic E-state index is 0.259. The Balaban J connectivity index is 1.76. The van der Waals surface area contributed by atoms with Crippen LogP contribution in [-0.4, -0.2) is 29.6 Å². The summed E-state index contributed by atoms with van der Waals surface area (Å²) in [6.45, 7) is 2.36. The smallest absolute Gasteiger partial charge is 0.257 e. The second-order valence-corrected chi connectivity index (χ2v) is 5.86. The number of nitrogens with zero attached hydrogens (tertiary/aromatic N) is 2. The summed E-state index contributed by atoms with van der Waals surface area (Å²) < 4.78 is 10.7. The second-order valence-electron chi connectivity index (χ2n) is 5.01. The minimum Gasteiger partial charge on any atom is -0.493 e. The molecule has 1 aromatic carbocycles. The van der Waals surface area contributed by atoms with E-state index in [0.29, 0.717) is 28.8 Å². The number of rotatable bonds is 6. The molecule has 0 aliphatic heterocycles. The summed E-state index contributed by atoms with van der Waals surface area (Å²) in [6, 6.07) is 10.7. The fraction of sp³-hybridized carbons (Fsp3) is 0.167. The number of ether oxygens (including phenoxy) is 2. The van der Waals surface area contributed by atoms with Gasteiger partial charge < -0.3 is 9.47 Å². The van der Waals surface area contributed by atoms with Crippen LogP contribution in [0.15, 0.2) is 48.0 Å². The maximum atomic E-state index is 12.5. The number of hydrogen-bond donors (Lipinski definition) is 1. The predicted molar refractivity (Wildman–Crippen MR) is 97.5 cm³/mol. The summed E-state index contributed by atoms with van der Waals surface area (Å²) in [5.41, 5.74) is 1.96. The van der Waals surface area contributed by atoms with Crippen molar-refractivity contribution in [1.82, 2.24) is 9.97 Å². The monoisotopic (exact) mass is 355 g/mol. The Kier molecular flexibility index (Phi) is 5.25. The Morgan fingerprint density at radius 3 is 2.80 bits per heavy atom. The van der Waals surface area contributed by atoms with Gasteiger partial charge in [-0.05, 0) is 37.3 Å². The van der Waals surface area contributed by atoms with Crippen LogP contribution in [0.3, 0.4) is 0 Å². The standard InChI is InChI=1S/C18H17N3O3S/c1-3-24-16-10-12(7-8-15(16)23-2)17(22)21-18-20-14(11-25-18)13-6-4-5-9-19-13/h4-11H,3H2,1-2H3,(H,20,21,22). The van der Waals surface area contributed by atoms with E-state index in [1.54, 1.807) is 31.5 Å². The second kappa shape index (κ2) is 7.76. The van der Waals surface area contributed by atoms with Crippen LogP contribution >= 0.6 is 11.3 Å². The molecular formula is C18H17N3O3S. The molecule has 7 heteroatoms. The number of pyridine rings is 1. The average Bonchev–Trinajstić information content (AvgIpc) is 3.11. The van der Waals surface area contributed by atoms with Crippen molar-refractivity contribution >= 4 is 22.4 Å². The summed E-state index contributed by atoms with van der Waals surface area (Å²) in [5, 5.41) is 5.17. The lowest BCUT2D eigenvalue weighted by Crippen LogP contribution is -2.12. The fourth-order valence-corrected chi connectivity index (χ4v) is 2.92. The molecule has 1 N–H and O–H groups in total. The summed E-state index contributed by atoms with van der Waals surface area (Å²) in [6.07, 6.45) is 1.71. The van der Waals surface area contributed by atoms with Gasteiger partial charge in [-0.1, -0.05) is 6.07 Å². The SMILES string of the molecule is CCOc1cc(C(=O)Nc2nc(-c3ccccn3)cs2)ccc1OC. The first-order chi connectivity index (χ1) is 12.2. The van der Waals surface area contributed by atoms with Gasteiger partial charge in [-0.15, -0.1) is 11.3 Å². The highest BCUT2D eigenvalue weighted by molar-refractivity contribution is 7.14. The molecule has 128 valence electrons. The summed E-state index contributed by atoms with van der Waals surface area (Å²) >= 11 is 1.35. The highest BCUT2D eigenvalue weighted by atomic mass is 32.1. The number of nitrogens with one attached hydrogen (secondary N) is 1. The zero-order chi connectivity index (χ0) is 17.6. The quantitative estimate of drug-likeness (QED) is 0.727. The van der Waals surface area contributed by atoms with E-state index in [0.717, 1.165) is 11.4 Å². The Morgan fingerprint density at radius 1 is 1.20 bits per heavy atom. The molecule has 2 aromatic heterocycles. The van der Waals surface area contributed by atoms with E-state index in [-0.39, 0.29) is 5.91 Å². The van der Waals surface area contributed by atoms with Gasteiger partial charge in [-0.3, -0.25) is 15.1 Å². The van der Waals surface area contributed by atoms with Crippen molar-refractivity contribution in [3.63, 3.8) is 0 Å².